The van der Waals surface area contributed by atoms with Gasteiger partial charge in [-0.05, 0) is 42.0 Å². The first-order chi connectivity index (χ1) is 15.9. The van der Waals surface area contributed by atoms with Crippen LogP contribution in [0.2, 0.25) is 0 Å². The molecule has 0 aliphatic carbocycles. The lowest BCUT2D eigenvalue weighted by Crippen LogP contribution is -2.36. The summed E-state index contributed by atoms with van der Waals surface area (Å²) < 4.78 is 25.3. The predicted molar refractivity (Wildman–Crippen MR) is 119 cm³/mol. The van der Waals surface area contributed by atoms with Crippen molar-refractivity contribution in [3.63, 3.8) is 0 Å². The number of ether oxygens (including phenoxy) is 2. The second kappa shape index (κ2) is 9.78. The van der Waals surface area contributed by atoms with Crippen LogP contribution in [0.25, 0.3) is 6.08 Å². The number of amides is 2. The molecular weight excluding hydrogens is 433 g/mol. The second-order valence-corrected chi connectivity index (χ2v) is 7.68. The van der Waals surface area contributed by atoms with Crippen LogP contribution < -0.4 is 15.1 Å². The highest BCUT2D eigenvalue weighted by atomic mass is 19.1. The zero-order valence-corrected chi connectivity index (χ0v) is 17.7. The van der Waals surface area contributed by atoms with Crippen LogP contribution in [0, 0.1) is 5.82 Å². The molecule has 9 nitrogen and oxygen atoms in total. The SMILES string of the molecule is O=C(/C=C/c1ccc(O)c(O)c1)NC[C@H]1CN(c2ccc(N3CCOCC3)c(F)c2)C(=O)O1. The highest BCUT2D eigenvalue weighted by Crippen LogP contribution is 2.28. The molecule has 4 rings (SSSR count). The third kappa shape index (κ3) is 5.35. The molecule has 2 amide bonds. The predicted octanol–water partition coefficient (Wildman–Crippen LogP) is 2.23. The summed E-state index contributed by atoms with van der Waals surface area (Å²) in [6.45, 7) is 2.54. The molecule has 3 N–H and O–H groups in total. The molecule has 0 radical (unpaired) electrons. The Kier molecular flexibility index (Phi) is 6.64. The zero-order valence-electron chi connectivity index (χ0n) is 17.7. The molecule has 0 spiro atoms. The molecule has 2 aliphatic rings. The van der Waals surface area contributed by atoms with E-state index in [-0.39, 0.29) is 24.6 Å². The lowest BCUT2D eigenvalue weighted by atomic mass is 10.2. The Bertz CT molecular complexity index is 1070. The number of cyclic esters (lactones) is 1. The Morgan fingerprint density at radius 3 is 2.67 bits per heavy atom. The molecule has 0 bridgehead atoms. The van der Waals surface area contributed by atoms with E-state index in [2.05, 4.69) is 5.32 Å². The third-order valence-electron chi connectivity index (χ3n) is 5.40. The topological polar surface area (TPSA) is 112 Å². The molecular formula is C23H24FN3O6. The van der Waals surface area contributed by atoms with Crippen LogP contribution in [-0.2, 0) is 14.3 Å². The number of aromatic hydroxyl groups is 2. The van der Waals surface area contributed by atoms with Crippen LogP contribution in [0.1, 0.15) is 5.56 Å². The number of benzene rings is 2. The maximum Gasteiger partial charge on any atom is 0.414 e. The first kappa shape index (κ1) is 22.4. The molecule has 0 unspecified atom stereocenters. The number of carbonyl (C=O) groups is 2. The van der Waals surface area contributed by atoms with Gasteiger partial charge in [-0.3, -0.25) is 9.69 Å². The first-order valence-corrected chi connectivity index (χ1v) is 10.5. The van der Waals surface area contributed by atoms with E-state index in [0.717, 1.165) is 0 Å². The van der Waals surface area contributed by atoms with E-state index < -0.39 is 23.9 Å². The third-order valence-corrected chi connectivity index (χ3v) is 5.40. The minimum absolute atomic E-state index is 0.0839. The molecule has 2 heterocycles. The van der Waals surface area contributed by atoms with Crippen LogP contribution >= 0.6 is 0 Å². The van der Waals surface area contributed by atoms with E-state index in [1.807, 2.05) is 4.90 Å². The summed E-state index contributed by atoms with van der Waals surface area (Å²) in [6, 6.07) is 8.80. The number of phenols is 2. The van der Waals surface area contributed by atoms with Gasteiger partial charge in [0, 0.05) is 19.2 Å². The number of hydrogen-bond donors (Lipinski definition) is 3. The van der Waals surface area contributed by atoms with Gasteiger partial charge in [-0.2, -0.15) is 0 Å². The minimum Gasteiger partial charge on any atom is -0.504 e. The summed E-state index contributed by atoms with van der Waals surface area (Å²) >= 11 is 0. The summed E-state index contributed by atoms with van der Waals surface area (Å²) in [5.41, 5.74) is 1.38. The van der Waals surface area contributed by atoms with Crippen molar-refractivity contribution >= 4 is 29.5 Å². The van der Waals surface area contributed by atoms with E-state index in [9.17, 15) is 24.2 Å². The van der Waals surface area contributed by atoms with Crippen molar-refractivity contribution in [2.45, 2.75) is 6.10 Å². The Morgan fingerprint density at radius 2 is 1.94 bits per heavy atom. The number of nitrogens with one attached hydrogen (secondary N) is 1. The van der Waals surface area contributed by atoms with Gasteiger partial charge in [0.2, 0.25) is 5.91 Å². The average Bonchev–Trinajstić information content (AvgIpc) is 3.19. The molecule has 2 aliphatic heterocycles. The number of halogens is 1. The van der Waals surface area contributed by atoms with Crippen molar-refractivity contribution in [2.75, 3.05) is 49.2 Å². The van der Waals surface area contributed by atoms with Gasteiger partial charge < -0.3 is 29.9 Å². The number of phenolic OH excluding ortho intramolecular Hbond substituents is 2. The number of hydrogen-bond acceptors (Lipinski definition) is 7. The number of morpholine rings is 1. The number of nitrogens with zero attached hydrogens (tertiary/aromatic N) is 2. The van der Waals surface area contributed by atoms with Crippen molar-refractivity contribution in [1.29, 1.82) is 0 Å². The maximum atomic E-state index is 14.7. The first-order valence-electron chi connectivity index (χ1n) is 10.5. The normalized spacial score (nSPS) is 18.6. The average molecular weight is 457 g/mol. The number of rotatable bonds is 6. The Hall–Kier alpha value is -3.79. The van der Waals surface area contributed by atoms with Gasteiger partial charge in [0.25, 0.3) is 0 Å². The van der Waals surface area contributed by atoms with Gasteiger partial charge in [-0.1, -0.05) is 6.07 Å². The molecule has 174 valence electrons. The molecule has 2 saturated heterocycles. The van der Waals surface area contributed by atoms with Gasteiger partial charge in [0.05, 0.1) is 37.7 Å². The van der Waals surface area contributed by atoms with Crippen LogP contribution in [0.3, 0.4) is 0 Å². The molecule has 2 aromatic rings. The summed E-state index contributed by atoms with van der Waals surface area (Å²) in [6.07, 6.45) is 1.54. The Balaban J connectivity index is 1.31. The van der Waals surface area contributed by atoms with E-state index in [1.165, 1.54) is 35.3 Å². The Labute approximate surface area is 189 Å². The zero-order chi connectivity index (χ0) is 23.4. The smallest absolute Gasteiger partial charge is 0.414 e. The van der Waals surface area contributed by atoms with Crippen molar-refractivity contribution in [2.24, 2.45) is 0 Å². The summed E-state index contributed by atoms with van der Waals surface area (Å²) in [4.78, 5) is 27.6. The van der Waals surface area contributed by atoms with Crippen molar-refractivity contribution in [3.05, 3.63) is 53.9 Å². The van der Waals surface area contributed by atoms with E-state index in [4.69, 9.17) is 9.47 Å². The number of carbonyl (C=O) groups excluding carboxylic acids is 2. The number of anilines is 2. The minimum atomic E-state index is -0.608. The largest absolute Gasteiger partial charge is 0.504 e. The monoisotopic (exact) mass is 457 g/mol. The lowest BCUT2D eigenvalue weighted by Gasteiger charge is -2.29. The molecule has 1 atom stereocenters. The van der Waals surface area contributed by atoms with Crippen LogP contribution in [0.5, 0.6) is 11.5 Å². The van der Waals surface area contributed by atoms with E-state index in [1.54, 1.807) is 18.2 Å². The van der Waals surface area contributed by atoms with Gasteiger partial charge in [0.1, 0.15) is 11.9 Å². The van der Waals surface area contributed by atoms with Gasteiger partial charge >= 0.3 is 6.09 Å². The standard InChI is InChI=1S/C23H24FN3O6/c24-18-12-16(3-4-19(18)26-7-9-32-10-8-26)27-14-17(33-23(27)31)13-25-22(30)6-2-15-1-5-20(28)21(29)11-15/h1-6,11-12,17,28-29H,7-10,13-14H2,(H,25,30)/b6-2+/t17-/m0/s1. The van der Waals surface area contributed by atoms with Gasteiger partial charge in [-0.25, -0.2) is 9.18 Å². The highest BCUT2D eigenvalue weighted by Gasteiger charge is 2.33. The van der Waals surface area contributed by atoms with Crippen molar-refractivity contribution in [3.8, 4) is 11.5 Å². The van der Waals surface area contributed by atoms with Gasteiger partial charge in [-0.15, -0.1) is 0 Å². The van der Waals surface area contributed by atoms with Crippen molar-refractivity contribution in [1.82, 2.24) is 5.32 Å². The lowest BCUT2D eigenvalue weighted by molar-refractivity contribution is -0.116. The fourth-order valence-electron chi connectivity index (χ4n) is 3.65. The van der Waals surface area contributed by atoms with E-state index in [0.29, 0.717) is 43.2 Å². The van der Waals surface area contributed by atoms with Crippen molar-refractivity contribution < 1.29 is 33.7 Å². The molecule has 0 aromatic heterocycles. The summed E-state index contributed by atoms with van der Waals surface area (Å²) in [5, 5.41) is 21.4. The maximum absolute atomic E-state index is 14.7. The molecule has 2 fully saturated rings. The van der Waals surface area contributed by atoms with Crippen LogP contribution in [0.4, 0.5) is 20.6 Å². The van der Waals surface area contributed by atoms with Crippen LogP contribution in [0.15, 0.2) is 42.5 Å². The molecule has 33 heavy (non-hydrogen) atoms. The van der Waals surface area contributed by atoms with Crippen LogP contribution in [-0.4, -0.2) is 67.7 Å². The fourth-order valence-corrected chi connectivity index (χ4v) is 3.65. The Morgan fingerprint density at radius 1 is 1.15 bits per heavy atom. The van der Waals surface area contributed by atoms with Gasteiger partial charge in [0.15, 0.2) is 11.5 Å². The molecule has 10 heteroatoms. The second-order valence-electron chi connectivity index (χ2n) is 7.68. The molecule has 2 aromatic carbocycles. The quantitative estimate of drug-likeness (QED) is 0.451. The summed E-state index contributed by atoms with van der Waals surface area (Å²) in [5.74, 6) is -1.38. The summed E-state index contributed by atoms with van der Waals surface area (Å²) in [7, 11) is 0. The molecule has 0 saturated carbocycles. The van der Waals surface area contributed by atoms with E-state index >= 15 is 0 Å². The fraction of sp³-hybridized carbons (Fsp3) is 0.304. The highest BCUT2D eigenvalue weighted by molar-refractivity contribution is 5.92.